The van der Waals surface area contributed by atoms with E-state index in [9.17, 15) is 17.6 Å². The molecule has 2 aromatic heterocycles. The summed E-state index contributed by atoms with van der Waals surface area (Å²) in [5, 5.41) is 3.97. The minimum Gasteiger partial charge on any atom is -0.355 e. The van der Waals surface area contributed by atoms with E-state index in [0.29, 0.717) is 18.1 Å². The second kappa shape index (κ2) is 7.00. The fourth-order valence-electron chi connectivity index (χ4n) is 3.27. The Balaban J connectivity index is 1.46. The summed E-state index contributed by atoms with van der Waals surface area (Å²) in [6, 6.07) is 6.58. The van der Waals surface area contributed by atoms with Gasteiger partial charge < -0.3 is 10.3 Å². The highest BCUT2D eigenvalue weighted by molar-refractivity contribution is 5.84. The number of benzene rings is 1. The number of nitrogens with two attached hydrogens (primary N) is 1. The van der Waals surface area contributed by atoms with Crippen molar-refractivity contribution >= 4 is 17.2 Å². The van der Waals surface area contributed by atoms with Crippen LogP contribution in [0.15, 0.2) is 59.5 Å². The molecule has 29 heavy (non-hydrogen) atoms. The van der Waals surface area contributed by atoms with Gasteiger partial charge in [0.25, 0.3) is 0 Å². The number of fused-ring (bicyclic) bond motifs is 1. The average molecular weight is 403 g/mol. The van der Waals surface area contributed by atoms with Gasteiger partial charge >= 0.3 is 6.18 Å². The molecule has 4 rings (SSSR count). The summed E-state index contributed by atoms with van der Waals surface area (Å²) in [6.07, 6.45) is 2.79. The van der Waals surface area contributed by atoms with Crippen LogP contribution in [0.1, 0.15) is 16.7 Å². The third-order valence-electron chi connectivity index (χ3n) is 4.71. The Morgan fingerprint density at radius 1 is 1.17 bits per heavy atom. The van der Waals surface area contributed by atoms with Gasteiger partial charge in [0, 0.05) is 43.0 Å². The van der Waals surface area contributed by atoms with Crippen LogP contribution in [0, 0.1) is 5.82 Å². The molecule has 0 aliphatic carbocycles. The zero-order valence-corrected chi connectivity index (χ0v) is 15.1. The number of H-pyrrole nitrogens is 1. The van der Waals surface area contributed by atoms with Gasteiger partial charge in [0.1, 0.15) is 11.5 Å². The van der Waals surface area contributed by atoms with E-state index in [1.165, 1.54) is 6.07 Å². The summed E-state index contributed by atoms with van der Waals surface area (Å²) < 4.78 is 51.9. The number of pyridine rings is 1. The van der Waals surface area contributed by atoms with E-state index in [-0.39, 0.29) is 6.42 Å². The van der Waals surface area contributed by atoms with Gasteiger partial charge in [-0.3, -0.25) is 10.7 Å². The van der Waals surface area contributed by atoms with Crippen LogP contribution >= 0.6 is 0 Å². The highest BCUT2D eigenvalue weighted by Gasteiger charge is 2.34. The summed E-state index contributed by atoms with van der Waals surface area (Å²) in [7, 11) is 0. The molecule has 1 aliphatic rings. The van der Waals surface area contributed by atoms with Gasteiger partial charge in [-0.05, 0) is 41.0 Å². The predicted octanol–water partition coefficient (Wildman–Crippen LogP) is 3.68. The van der Waals surface area contributed by atoms with Crippen LogP contribution in [0.4, 0.5) is 17.6 Å². The maximum absolute atomic E-state index is 13.8. The van der Waals surface area contributed by atoms with E-state index in [0.717, 1.165) is 28.2 Å². The number of aromatic amines is 1. The topological polar surface area (TPSA) is 79.1 Å². The van der Waals surface area contributed by atoms with E-state index in [1.807, 2.05) is 18.3 Å². The summed E-state index contributed by atoms with van der Waals surface area (Å²) in [5.74, 6) is -2.60. The van der Waals surface area contributed by atoms with Gasteiger partial charge in [-0.1, -0.05) is 6.07 Å². The van der Waals surface area contributed by atoms with E-state index in [4.69, 9.17) is 5.73 Å². The number of halogens is 4. The fraction of sp³-hybridized carbons (Fsp3) is 0.200. The van der Waals surface area contributed by atoms with Crippen molar-refractivity contribution in [1.82, 2.24) is 15.3 Å². The summed E-state index contributed by atoms with van der Waals surface area (Å²) in [5.41, 5.74) is 7.89. The predicted molar refractivity (Wildman–Crippen MR) is 102 cm³/mol. The molecule has 1 atom stereocenters. The van der Waals surface area contributed by atoms with Crippen molar-refractivity contribution in [3.05, 3.63) is 77.0 Å². The van der Waals surface area contributed by atoms with Crippen molar-refractivity contribution in [3.63, 3.8) is 0 Å². The highest BCUT2D eigenvalue weighted by Crippen LogP contribution is 2.32. The molecule has 3 heterocycles. The third-order valence-corrected chi connectivity index (χ3v) is 4.71. The minimum absolute atomic E-state index is 0.0271. The molecule has 0 radical (unpaired) electrons. The molecular weight excluding hydrogens is 386 g/mol. The zero-order chi connectivity index (χ0) is 20.6. The average Bonchev–Trinajstić information content (AvgIpc) is 3.06. The largest absolute Gasteiger partial charge is 0.419 e. The molecule has 3 aromatic rings. The number of hydrogen-bond donors (Lipinski definition) is 3. The molecule has 150 valence electrons. The zero-order valence-electron chi connectivity index (χ0n) is 15.1. The maximum Gasteiger partial charge on any atom is 0.419 e. The Kier molecular flexibility index (Phi) is 4.62. The van der Waals surface area contributed by atoms with E-state index >= 15 is 0 Å². The van der Waals surface area contributed by atoms with Crippen LogP contribution in [-0.2, 0) is 19.0 Å². The Bertz CT molecular complexity index is 1120. The first-order valence-electron chi connectivity index (χ1n) is 8.81. The second-order valence-corrected chi connectivity index (χ2v) is 6.93. The fourth-order valence-corrected chi connectivity index (χ4v) is 3.27. The first-order chi connectivity index (χ1) is 13.7. The summed E-state index contributed by atoms with van der Waals surface area (Å²) in [6.45, 7) is 0. The van der Waals surface area contributed by atoms with Gasteiger partial charge in [0.15, 0.2) is 5.79 Å². The van der Waals surface area contributed by atoms with E-state index in [2.05, 4.69) is 20.3 Å². The molecule has 9 heteroatoms. The molecular formula is C20H17F4N5. The van der Waals surface area contributed by atoms with Crippen LogP contribution in [-0.4, -0.2) is 22.0 Å². The number of hydrogen-bond acceptors (Lipinski definition) is 4. The minimum atomic E-state index is -4.74. The van der Waals surface area contributed by atoms with Crippen LogP contribution in [0.5, 0.6) is 0 Å². The van der Waals surface area contributed by atoms with E-state index < -0.39 is 23.3 Å². The van der Waals surface area contributed by atoms with Crippen molar-refractivity contribution in [2.75, 3.05) is 0 Å². The van der Waals surface area contributed by atoms with Gasteiger partial charge in [-0.25, -0.2) is 9.37 Å². The van der Waals surface area contributed by atoms with E-state index in [1.54, 1.807) is 18.6 Å². The molecule has 0 saturated carbocycles. The molecule has 5 nitrogen and oxygen atoms in total. The standard InChI is InChI=1S/C20H17F4N5/c21-17-7-12(3-4-16(17)20(22,23)24)8-19(25)28-9-13(10-29-19)6-14-11-27-18-15(14)2-1-5-26-18/h1-5,7,9-11,28H,6,8,25H2,(H,26,27). The molecule has 0 fully saturated rings. The van der Waals surface area contributed by atoms with Crippen LogP contribution < -0.4 is 11.1 Å². The van der Waals surface area contributed by atoms with Crippen molar-refractivity contribution in [1.29, 1.82) is 0 Å². The van der Waals surface area contributed by atoms with Gasteiger partial charge in [0.05, 0.1) is 5.56 Å². The SMILES string of the molecule is NC1(Cc2ccc(C(F)(F)F)c(F)c2)N=CC(Cc2c[nH]c3ncccc23)=CN1. The van der Waals surface area contributed by atoms with Crippen molar-refractivity contribution < 1.29 is 17.6 Å². The molecule has 0 saturated heterocycles. The van der Waals surface area contributed by atoms with Crippen LogP contribution in [0.25, 0.3) is 11.0 Å². The number of nitrogens with zero attached hydrogens (tertiary/aromatic N) is 2. The Hall–Kier alpha value is -3.20. The number of rotatable bonds is 4. The van der Waals surface area contributed by atoms with Crippen molar-refractivity contribution in [2.24, 2.45) is 10.7 Å². The first-order valence-corrected chi connectivity index (χ1v) is 8.81. The summed E-state index contributed by atoms with van der Waals surface area (Å²) in [4.78, 5) is 11.7. The third kappa shape index (κ3) is 4.00. The lowest BCUT2D eigenvalue weighted by Gasteiger charge is -2.29. The highest BCUT2D eigenvalue weighted by atomic mass is 19.4. The molecule has 1 unspecified atom stereocenters. The summed E-state index contributed by atoms with van der Waals surface area (Å²) >= 11 is 0. The first kappa shape index (κ1) is 19.1. The number of aliphatic imine (C=N–C) groups is 1. The number of aromatic nitrogens is 2. The van der Waals surface area contributed by atoms with Gasteiger partial charge in [-0.2, -0.15) is 13.2 Å². The number of nitrogens with one attached hydrogen (secondary N) is 2. The van der Waals surface area contributed by atoms with Gasteiger partial charge in [0.2, 0.25) is 0 Å². The number of alkyl halides is 3. The molecule has 0 amide bonds. The Morgan fingerprint density at radius 2 is 2.00 bits per heavy atom. The quantitative estimate of drug-likeness (QED) is 0.582. The lowest BCUT2D eigenvalue weighted by molar-refractivity contribution is -0.140. The molecule has 1 aliphatic heterocycles. The Morgan fingerprint density at radius 3 is 2.69 bits per heavy atom. The molecule has 0 bridgehead atoms. The monoisotopic (exact) mass is 403 g/mol. The normalized spacial score (nSPS) is 19.3. The van der Waals surface area contributed by atoms with Crippen LogP contribution in [0.3, 0.4) is 0 Å². The smallest absolute Gasteiger partial charge is 0.355 e. The van der Waals surface area contributed by atoms with Crippen molar-refractivity contribution in [3.8, 4) is 0 Å². The molecule has 1 aromatic carbocycles. The maximum atomic E-state index is 13.8. The molecule has 4 N–H and O–H groups in total. The van der Waals surface area contributed by atoms with Gasteiger partial charge in [-0.15, -0.1) is 0 Å². The lowest BCUT2D eigenvalue weighted by atomic mass is 10.0. The van der Waals surface area contributed by atoms with Crippen molar-refractivity contribution in [2.45, 2.75) is 24.8 Å². The number of allylic oxidation sites excluding steroid dienone is 1. The second-order valence-electron chi connectivity index (χ2n) is 6.93. The van der Waals surface area contributed by atoms with Crippen LogP contribution in [0.2, 0.25) is 0 Å². The molecule has 0 spiro atoms. The lowest BCUT2D eigenvalue weighted by Crippen LogP contribution is -2.53. The Labute approximate surface area is 163 Å².